The molecule has 2 heterocycles. The zero-order valence-electron chi connectivity index (χ0n) is 15.5. The van der Waals surface area contributed by atoms with Crippen LogP contribution in [0.25, 0.3) is 10.8 Å². The van der Waals surface area contributed by atoms with E-state index < -0.39 is 0 Å². The van der Waals surface area contributed by atoms with Gasteiger partial charge in [-0.3, -0.25) is 9.79 Å². The molecule has 0 aliphatic carbocycles. The molecular formula is C21H24N2O3. The van der Waals surface area contributed by atoms with Crippen LogP contribution >= 0.6 is 0 Å². The van der Waals surface area contributed by atoms with Crippen LogP contribution in [-0.4, -0.2) is 42.8 Å². The highest BCUT2D eigenvalue weighted by molar-refractivity contribution is 6.07. The van der Waals surface area contributed by atoms with Gasteiger partial charge in [-0.15, -0.1) is 0 Å². The molecule has 136 valence electrons. The molecule has 0 bridgehead atoms. The number of ether oxygens (including phenoxy) is 2. The van der Waals surface area contributed by atoms with Crippen LogP contribution in [0.1, 0.15) is 43.5 Å². The van der Waals surface area contributed by atoms with Crippen LogP contribution in [0, 0.1) is 0 Å². The van der Waals surface area contributed by atoms with Crippen LogP contribution in [0.2, 0.25) is 0 Å². The summed E-state index contributed by atoms with van der Waals surface area (Å²) in [5.74, 6) is 1.46. The molecule has 0 N–H and O–H groups in total. The first-order chi connectivity index (χ1) is 12.6. The molecule has 2 aliphatic rings. The number of aliphatic imine (C=N–C) groups is 1. The van der Waals surface area contributed by atoms with Crippen molar-refractivity contribution >= 4 is 28.6 Å². The lowest BCUT2D eigenvalue weighted by Crippen LogP contribution is -2.45. The van der Waals surface area contributed by atoms with Gasteiger partial charge in [0, 0.05) is 12.8 Å². The van der Waals surface area contributed by atoms with Gasteiger partial charge in [0.25, 0.3) is 5.91 Å². The highest BCUT2D eigenvalue weighted by Gasteiger charge is 2.40. The number of amides is 1. The second kappa shape index (κ2) is 6.31. The van der Waals surface area contributed by atoms with Crippen molar-refractivity contribution < 1.29 is 14.3 Å². The summed E-state index contributed by atoms with van der Waals surface area (Å²) in [4.78, 5) is 19.8. The molecule has 1 fully saturated rings. The number of methoxy groups -OCH3 is 1. The van der Waals surface area contributed by atoms with E-state index in [0.717, 1.165) is 42.3 Å². The summed E-state index contributed by atoms with van der Waals surface area (Å²) < 4.78 is 11.3. The van der Waals surface area contributed by atoms with E-state index >= 15 is 0 Å². The Morgan fingerprint density at radius 1 is 1.19 bits per heavy atom. The fourth-order valence-corrected chi connectivity index (χ4v) is 3.87. The van der Waals surface area contributed by atoms with Crippen LogP contribution in [0.3, 0.4) is 0 Å². The monoisotopic (exact) mass is 352 g/mol. The van der Waals surface area contributed by atoms with Crippen molar-refractivity contribution in [3.8, 4) is 11.5 Å². The zero-order valence-corrected chi connectivity index (χ0v) is 15.5. The minimum Gasteiger partial charge on any atom is -0.493 e. The number of fused-ring (bicyclic) bond motifs is 3. The molecule has 5 heteroatoms. The largest absolute Gasteiger partial charge is 0.493 e. The molecule has 5 nitrogen and oxygen atoms in total. The van der Waals surface area contributed by atoms with Crippen LogP contribution in [0.15, 0.2) is 29.3 Å². The number of benzene rings is 2. The SMILES string of the molecule is CCCOc1cc2cc3c(cc2cc1OC)N=C[C@]1(C)CCCN1C3=O. The lowest BCUT2D eigenvalue weighted by atomic mass is 10.0. The lowest BCUT2D eigenvalue weighted by Gasteiger charge is -2.30. The highest BCUT2D eigenvalue weighted by Crippen LogP contribution is 2.39. The average molecular weight is 352 g/mol. The fraction of sp³-hybridized carbons (Fsp3) is 0.429. The number of carbonyl (C=O) groups is 1. The van der Waals surface area contributed by atoms with Crippen molar-refractivity contribution in [2.45, 2.75) is 38.6 Å². The number of carbonyl (C=O) groups excluding carboxylic acids is 1. The Labute approximate surface area is 153 Å². The Kier molecular flexibility index (Phi) is 4.10. The molecule has 2 aromatic carbocycles. The van der Waals surface area contributed by atoms with E-state index in [4.69, 9.17) is 9.47 Å². The molecule has 26 heavy (non-hydrogen) atoms. The number of hydrogen-bond donors (Lipinski definition) is 0. The molecule has 4 rings (SSSR count). The normalized spacial score (nSPS) is 21.5. The highest BCUT2D eigenvalue weighted by atomic mass is 16.5. The van der Waals surface area contributed by atoms with E-state index in [1.165, 1.54) is 0 Å². The minimum atomic E-state index is -0.282. The third-order valence-electron chi connectivity index (χ3n) is 5.34. The zero-order chi connectivity index (χ0) is 18.3. The predicted molar refractivity (Wildman–Crippen MR) is 103 cm³/mol. The van der Waals surface area contributed by atoms with Gasteiger partial charge in [0.05, 0.1) is 30.5 Å². The topological polar surface area (TPSA) is 51.1 Å². The van der Waals surface area contributed by atoms with Crippen LogP contribution < -0.4 is 9.47 Å². The molecule has 0 unspecified atom stereocenters. The Morgan fingerprint density at radius 3 is 2.73 bits per heavy atom. The van der Waals surface area contributed by atoms with Crippen LogP contribution in [-0.2, 0) is 0 Å². The Hall–Kier alpha value is -2.56. The second-order valence-electron chi connectivity index (χ2n) is 7.24. The molecule has 1 saturated heterocycles. The van der Waals surface area contributed by atoms with Gasteiger partial charge >= 0.3 is 0 Å². The summed E-state index contributed by atoms with van der Waals surface area (Å²) in [6.45, 7) is 5.57. The van der Waals surface area contributed by atoms with Crippen molar-refractivity contribution in [2.24, 2.45) is 4.99 Å². The summed E-state index contributed by atoms with van der Waals surface area (Å²) >= 11 is 0. The summed E-state index contributed by atoms with van der Waals surface area (Å²) in [6, 6.07) is 7.81. The van der Waals surface area contributed by atoms with Gasteiger partial charge in [-0.1, -0.05) is 6.92 Å². The maximum Gasteiger partial charge on any atom is 0.256 e. The summed E-state index contributed by atoms with van der Waals surface area (Å²) in [5.41, 5.74) is 1.10. The quantitative estimate of drug-likeness (QED) is 0.822. The average Bonchev–Trinajstić information content (AvgIpc) is 3.00. The van der Waals surface area contributed by atoms with Crippen LogP contribution in [0.5, 0.6) is 11.5 Å². The van der Waals surface area contributed by atoms with Crippen molar-refractivity contribution in [3.63, 3.8) is 0 Å². The molecule has 0 radical (unpaired) electrons. The predicted octanol–water partition coefficient (Wildman–Crippen LogP) is 4.35. The maximum atomic E-state index is 13.1. The third kappa shape index (κ3) is 2.62. The first-order valence-corrected chi connectivity index (χ1v) is 9.21. The molecule has 0 aromatic heterocycles. The van der Waals surface area contributed by atoms with Gasteiger partial charge in [-0.2, -0.15) is 0 Å². The summed E-state index contributed by atoms with van der Waals surface area (Å²) in [7, 11) is 1.64. The van der Waals surface area contributed by atoms with Gasteiger partial charge in [0.15, 0.2) is 11.5 Å². The molecule has 0 saturated carbocycles. The summed E-state index contributed by atoms with van der Waals surface area (Å²) in [5, 5.41) is 1.95. The van der Waals surface area contributed by atoms with Crippen molar-refractivity contribution in [1.29, 1.82) is 0 Å². The van der Waals surface area contributed by atoms with Gasteiger partial charge < -0.3 is 14.4 Å². The van der Waals surface area contributed by atoms with E-state index in [2.05, 4.69) is 18.8 Å². The number of nitrogens with zero attached hydrogens (tertiary/aromatic N) is 2. The van der Waals surface area contributed by atoms with E-state index in [0.29, 0.717) is 23.7 Å². The first kappa shape index (κ1) is 16.9. The third-order valence-corrected chi connectivity index (χ3v) is 5.34. The van der Waals surface area contributed by atoms with Gasteiger partial charge in [0.1, 0.15) is 0 Å². The van der Waals surface area contributed by atoms with E-state index in [1.807, 2.05) is 35.4 Å². The standard InChI is InChI=1S/C21H24N2O3/c1-4-8-26-19-12-14-9-16-17(10-15(14)11-18(19)25-3)22-13-21(2)6-5-7-23(21)20(16)24/h9-13H,4-8H2,1-3H3/t21-/m0/s1. The summed E-state index contributed by atoms with van der Waals surface area (Å²) in [6.07, 6.45) is 4.83. The number of hydrogen-bond acceptors (Lipinski definition) is 4. The molecule has 1 atom stereocenters. The minimum absolute atomic E-state index is 0.0613. The van der Waals surface area contributed by atoms with Gasteiger partial charge in [-0.05, 0) is 61.2 Å². The fourth-order valence-electron chi connectivity index (χ4n) is 3.87. The Morgan fingerprint density at radius 2 is 1.96 bits per heavy atom. The maximum absolute atomic E-state index is 13.1. The van der Waals surface area contributed by atoms with Crippen molar-refractivity contribution in [3.05, 3.63) is 29.8 Å². The van der Waals surface area contributed by atoms with Crippen molar-refractivity contribution in [1.82, 2.24) is 4.90 Å². The molecule has 2 aromatic rings. The molecule has 2 aliphatic heterocycles. The van der Waals surface area contributed by atoms with E-state index in [1.54, 1.807) is 7.11 Å². The lowest BCUT2D eigenvalue weighted by molar-refractivity contribution is 0.0712. The number of rotatable bonds is 4. The molecule has 0 spiro atoms. The molecule has 1 amide bonds. The van der Waals surface area contributed by atoms with Gasteiger partial charge in [0.2, 0.25) is 0 Å². The van der Waals surface area contributed by atoms with Crippen LogP contribution in [0.4, 0.5) is 5.69 Å². The smallest absolute Gasteiger partial charge is 0.256 e. The Bertz CT molecular complexity index is 906. The molecular weight excluding hydrogens is 328 g/mol. The second-order valence-corrected chi connectivity index (χ2v) is 7.24. The van der Waals surface area contributed by atoms with Crippen molar-refractivity contribution in [2.75, 3.05) is 20.3 Å². The van der Waals surface area contributed by atoms with E-state index in [-0.39, 0.29) is 11.4 Å². The van der Waals surface area contributed by atoms with E-state index in [9.17, 15) is 4.79 Å². The first-order valence-electron chi connectivity index (χ1n) is 9.21. The Balaban J connectivity index is 1.85. The van der Waals surface area contributed by atoms with Gasteiger partial charge in [-0.25, -0.2) is 0 Å².